The Labute approximate surface area is 172 Å². The molecule has 29 heavy (non-hydrogen) atoms. The number of amides is 1. The summed E-state index contributed by atoms with van der Waals surface area (Å²) in [6, 6.07) is 3.57. The number of hydrogen-bond acceptors (Lipinski definition) is 7. The smallest absolute Gasteiger partial charge is 0.339 e. The number of esters is 1. The van der Waals surface area contributed by atoms with E-state index in [1.165, 1.54) is 0 Å². The summed E-state index contributed by atoms with van der Waals surface area (Å²) in [5, 5.41) is 1.98. The van der Waals surface area contributed by atoms with Crippen molar-refractivity contribution in [3.05, 3.63) is 47.4 Å². The number of nitrogens with zero attached hydrogens (tertiary/aromatic N) is 5. The fourth-order valence-electron chi connectivity index (χ4n) is 3.43. The highest BCUT2D eigenvalue weighted by molar-refractivity contribution is 7.15. The molecule has 4 heterocycles. The predicted octanol–water partition coefficient (Wildman–Crippen LogP) is 2.25. The van der Waals surface area contributed by atoms with Crippen molar-refractivity contribution < 1.29 is 14.3 Å². The average Bonchev–Trinajstić information content (AvgIpc) is 3.21. The first-order chi connectivity index (χ1) is 14.1. The summed E-state index contributed by atoms with van der Waals surface area (Å²) in [5.74, 6) is 0.545. The van der Waals surface area contributed by atoms with Crippen LogP contribution in [0, 0.1) is 0 Å². The lowest BCUT2D eigenvalue weighted by atomic mass is 10.2. The molecule has 0 unspecified atom stereocenters. The van der Waals surface area contributed by atoms with Gasteiger partial charge in [-0.25, -0.2) is 14.8 Å². The first-order valence-electron chi connectivity index (χ1n) is 9.71. The Morgan fingerprint density at radius 1 is 1.21 bits per heavy atom. The Balaban J connectivity index is 1.35. The molecule has 8 nitrogen and oxygen atoms in total. The molecule has 1 aliphatic rings. The zero-order chi connectivity index (χ0) is 20.2. The lowest BCUT2D eigenvalue weighted by Gasteiger charge is -2.22. The molecule has 9 heteroatoms. The van der Waals surface area contributed by atoms with E-state index in [9.17, 15) is 9.59 Å². The topological polar surface area (TPSA) is 80.0 Å². The van der Waals surface area contributed by atoms with E-state index >= 15 is 0 Å². The van der Waals surface area contributed by atoms with Crippen molar-refractivity contribution >= 4 is 34.0 Å². The van der Waals surface area contributed by atoms with Gasteiger partial charge < -0.3 is 14.5 Å². The van der Waals surface area contributed by atoms with Gasteiger partial charge >= 0.3 is 5.97 Å². The molecule has 3 aromatic heterocycles. The first kappa shape index (κ1) is 19.4. The molecule has 0 saturated carbocycles. The third-order valence-corrected chi connectivity index (χ3v) is 5.68. The minimum absolute atomic E-state index is 0.100. The number of hydrogen-bond donors (Lipinski definition) is 0. The van der Waals surface area contributed by atoms with Gasteiger partial charge in [0, 0.05) is 50.1 Å². The summed E-state index contributed by atoms with van der Waals surface area (Å²) >= 11 is 1.56. The number of rotatable bonds is 5. The van der Waals surface area contributed by atoms with Gasteiger partial charge in [0.25, 0.3) is 0 Å². The Bertz CT molecular complexity index is 969. The second-order valence-electron chi connectivity index (χ2n) is 6.85. The average molecular weight is 414 g/mol. The molecular weight excluding hydrogens is 390 g/mol. The molecule has 0 aromatic carbocycles. The fraction of sp³-hybridized carbons (Fsp3) is 0.400. The highest BCUT2D eigenvalue weighted by Gasteiger charge is 2.21. The zero-order valence-electron chi connectivity index (χ0n) is 16.3. The molecule has 3 aromatic rings. The van der Waals surface area contributed by atoms with E-state index in [2.05, 4.69) is 14.9 Å². The van der Waals surface area contributed by atoms with Crippen molar-refractivity contribution in [1.82, 2.24) is 19.3 Å². The molecule has 1 fully saturated rings. The quantitative estimate of drug-likeness (QED) is 0.597. The van der Waals surface area contributed by atoms with Gasteiger partial charge in [-0.3, -0.25) is 9.20 Å². The number of pyridine rings is 1. The third kappa shape index (κ3) is 4.40. The number of ether oxygens (including phenoxy) is 1. The van der Waals surface area contributed by atoms with E-state index in [4.69, 9.17) is 4.74 Å². The Morgan fingerprint density at radius 3 is 2.86 bits per heavy atom. The van der Waals surface area contributed by atoms with Gasteiger partial charge in [-0.2, -0.15) is 0 Å². The van der Waals surface area contributed by atoms with Gasteiger partial charge in [-0.15, -0.1) is 11.3 Å². The normalized spacial score (nSPS) is 14.8. The van der Waals surface area contributed by atoms with Gasteiger partial charge in [0.05, 0.1) is 24.3 Å². The van der Waals surface area contributed by atoms with Crippen LogP contribution in [-0.4, -0.2) is 63.9 Å². The summed E-state index contributed by atoms with van der Waals surface area (Å²) < 4.78 is 6.94. The standard InChI is InChI=1S/C20H23N5O3S/c1-2-28-19(27)15-4-5-17(21-13-15)23-6-3-7-24(9-8-23)18(26)12-16-14-25-10-11-29-20(25)22-16/h4-5,10-11,13-14H,2-3,6-9,12H2,1H3. The van der Waals surface area contributed by atoms with Crippen molar-refractivity contribution in [3.8, 4) is 0 Å². The number of carbonyl (C=O) groups is 2. The monoisotopic (exact) mass is 413 g/mol. The summed E-state index contributed by atoms with van der Waals surface area (Å²) in [6.07, 6.45) is 6.60. The van der Waals surface area contributed by atoms with E-state index < -0.39 is 0 Å². The summed E-state index contributed by atoms with van der Waals surface area (Å²) in [6.45, 7) is 5.00. The lowest BCUT2D eigenvalue weighted by molar-refractivity contribution is -0.130. The van der Waals surface area contributed by atoms with Crippen molar-refractivity contribution in [2.75, 3.05) is 37.7 Å². The van der Waals surface area contributed by atoms with Crippen molar-refractivity contribution in [3.63, 3.8) is 0 Å². The predicted molar refractivity (Wildman–Crippen MR) is 110 cm³/mol. The molecule has 0 bridgehead atoms. The second kappa shape index (κ2) is 8.60. The van der Waals surface area contributed by atoms with Gasteiger partial charge in [-0.05, 0) is 25.5 Å². The molecule has 0 atom stereocenters. The number of fused-ring (bicyclic) bond motifs is 1. The van der Waals surface area contributed by atoms with Crippen LogP contribution < -0.4 is 4.90 Å². The van der Waals surface area contributed by atoms with Gasteiger partial charge in [-0.1, -0.05) is 0 Å². The van der Waals surface area contributed by atoms with Crippen LogP contribution in [0.2, 0.25) is 0 Å². The van der Waals surface area contributed by atoms with Crippen molar-refractivity contribution in [2.24, 2.45) is 0 Å². The molecule has 0 spiro atoms. The molecule has 1 amide bonds. The first-order valence-corrected chi connectivity index (χ1v) is 10.6. The van der Waals surface area contributed by atoms with E-state index in [1.807, 2.05) is 33.1 Å². The van der Waals surface area contributed by atoms with Crippen molar-refractivity contribution in [2.45, 2.75) is 19.8 Å². The van der Waals surface area contributed by atoms with Crippen LogP contribution in [0.1, 0.15) is 29.4 Å². The fourth-order valence-corrected chi connectivity index (χ4v) is 4.15. The molecule has 1 aliphatic heterocycles. The molecule has 0 aliphatic carbocycles. The van der Waals surface area contributed by atoms with Crippen LogP contribution >= 0.6 is 11.3 Å². The van der Waals surface area contributed by atoms with E-state index in [0.717, 1.165) is 36.0 Å². The molecule has 0 radical (unpaired) electrons. The maximum absolute atomic E-state index is 12.7. The molecular formula is C20H23N5O3S. The van der Waals surface area contributed by atoms with E-state index in [1.54, 1.807) is 30.5 Å². The maximum atomic E-state index is 12.7. The Kier molecular flexibility index (Phi) is 5.75. The molecule has 4 rings (SSSR count). The highest BCUT2D eigenvalue weighted by atomic mass is 32.1. The number of aromatic nitrogens is 3. The number of carbonyl (C=O) groups excluding carboxylic acids is 2. The van der Waals surface area contributed by atoms with Crippen LogP contribution in [-0.2, 0) is 16.0 Å². The molecule has 1 saturated heterocycles. The SMILES string of the molecule is CCOC(=O)c1ccc(N2CCCN(C(=O)Cc3cn4ccsc4n3)CC2)nc1. The van der Waals surface area contributed by atoms with Crippen LogP contribution in [0.3, 0.4) is 0 Å². The van der Waals surface area contributed by atoms with E-state index in [0.29, 0.717) is 31.7 Å². The highest BCUT2D eigenvalue weighted by Crippen LogP contribution is 2.16. The Morgan fingerprint density at radius 2 is 2.10 bits per heavy atom. The number of thiazole rings is 1. The van der Waals surface area contributed by atoms with Crippen LogP contribution in [0.25, 0.3) is 4.96 Å². The molecule has 152 valence electrons. The second-order valence-corrected chi connectivity index (χ2v) is 7.72. The number of imidazole rings is 1. The van der Waals surface area contributed by atoms with E-state index in [-0.39, 0.29) is 11.9 Å². The van der Waals surface area contributed by atoms with Gasteiger partial charge in [0.1, 0.15) is 5.82 Å². The van der Waals surface area contributed by atoms with Crippen LogP contribution in [0.5, 0.6) is 0 Å². The van der Waals surface area contributed by atoms with Crippen LogP contribution in [0.4, 0.5) is 5.82 Å². The number of anilines is 1. The minimum atomic E-state index is -0.363. The summed E-state index contributed by atoms with van der Waals surface area (Å²) in [4.78, 5) is 38.4. The Hall–Kier alpha value is -2.94. The van der Waals surface area contributed by atoms with Gasteiger partial charge in [0.15, 0.2) is 4.96 Å². The van der Waals surface area contributed by atoms with Crippen molar-refractivity contribution in [1.29, 1.82) is 0 Å². The molecule has 0 N–H and O–H groups in total. The lowest BCUT2D eigenvalue weighted by Crippen LogP contribution is -2.36. The summed E-state index contributed by atoms with van der Waals surface area (Å²) in [5.41, 5.74) is 1.25. The third-order valence-electron chi connectivity index (χ3n) is 4.91. The van der Waals surface area contributed by atoms with Gasteiger partial charge in [0.2, 0.25) is 5.91 Å². The maximum Gasteiger partial charge on any atom is 0.339 e. The zero-order valence-corrected chi connectivity index (χ0v) is 17.1. The largest absolute Gasteiger partial charge is 0.462 e. The summed E-state index contributed by atoms with van der Waals surface area (Å²) in [7, 11) is 0. The van der Waals surface area contributed by atoms with Crippen LogP contribution in [0.15, 0.2) is 36.1 Å². The minimum Gasteiger partial charge on any atom is -0.462 e.